The first-order valence-electron chi connectivity index (χ1n) is 16.3. The number of aliphatic hydroxyl groups is 1. The number of rotatable bonds is 11. The SMILES string of the molecule is Cc1noc(C)c1S(=O)(=O)Nc1ccc2c(c1)CC(=O)N([C@H](C)CO)C[C@H](C)[C@@H](CN(C)Cc1ccc(C(=O)Nc3ccccc3N)cc1)O2. The molecule has 0 fully saturated rings. The molecule has 4 aromatic rings. The van der Waals surface area contributed by atoms with E-state index in [4.69, 9.17) is 15.0 Å². The van der Waals surface area contributed by atoms with Crippen LogP contribution in [0.1, 0.15) is 46.8 Å². The van der Waals surface area contributed by atoms with Gasteiger partial charge in [-0.25, -0.2) is 8.42 Å². The van der Waals surface area contributed by atoms with Crippen LogP contribution in [0.2, 0.25) is 0 Å². The molecule has 1 aromatic heterocycles. The fourth-order valence-corrected chi connectivity index (χ4v) is 7.41. The van der Waals surface area contributed by atoms with Crippen molar-refractivity contribution in [2.24, 2.45) is 5.92 Å². The second-order valence-corrected chi connectivity index (χ2v) is 14.5. The summed E-state index contributed by atoms with van der Waals surface area (Å²) in [6.45, 7) is 8.07. The van der Waals surface area contributed by atoms with E-state index < -0.39 is 16.1 Å². The van der Waals surface area contributed by atoms with Gasteiger partial charge in [-0.05, 0) is 75.8 Å². The Hall–Kier alpha value is -4.92. The summed E-state index contributed by atoms with van der Waals surface area (Å²) >= 11 is 0. The van der Waals surface area contributed by atoms with Crippen molar-refractivity contribution in [3.8, 4) is 5.75 Å². The summed E-state index contributed by atoms with van der Waals surface area (Å²) in [6.07, 6.45) is -0.420. The monoisotopic (exact) mass is 704 g/mol. The van der Waals surface area contributed by atoms with Crippen LogP contribution in [0.4, 0.5) is 17.1 Å². The fourth-order valence-electron chi connectivity index (χ4n) is 6.03. The third kappa shape index (κ3) is 8.44. The summed E-state index contributed by atoms with van der Waals surface area (Å²) in [7, 11) is -2.05. The molecule has 5 rings (SSSR count). The van der Waals surface area contributed by atoms with E-state index in [9.17, 15) is 23.1 Å². The van der Waals surface area contributed by atoms with Gasteiger partial charge in [-0.2, -0.15) is 0 Å². The number of aromatic nitrogens is 1. The number of nitrogens with one attached hydrogen (secondary N) is 2. The minimum absolute atomic E-state index is 0.0384. The van der Waals surface area contributed by atoms with E-state index in [1.54, 1.807) is 73.3 Å². The lowest BCUT2D eigenvalue weighted by atomic mass is 10.0. The molecule has 3 atom stereocenters. The standard InChI is InChI=1S/C36H44N6O7S/c1-22-18-42(23(2)21-43)34(44)17-28-16-29(40-50(46,47)35-24(3)39-49-25(35)4)14-15-32(28)48-33(22)20-41(5)19-26-10-12-27(13-11-26)36(45)38-31-9-7-6-8-30(31)37/h6-16,22-23,33,40,43H,17-21,37H2,1-5H3,(H,38,45)/t22-,23+,33+/m0/s1. The minimum Gasteiger partial charge on any atom is -0.488 e. The summed E-state index contributed by atoms with van der Waals surface area (Å²) in [5.41, 5.74) is 9.49. The highest BCUT2D eigenvalue weighted by atomic mass is 32.2. The molecule has 0 saturated heterocycles. The van der Waals surface area contributed by atoms with E-state index in [0.717, 1.165) is 5.56 Å². The summed E-state index contributed by atoms with van der Waals surface area (Å²) in [5, 5.41) is 16.6. The zero-order valence-electron chi connectivity index (χ0n) is 28.8. The van der Waals surface area contributed by atoms with Crippen LogP contribution in [0.5, 0.6) is 5.75 Å². The number of sulfonamides is 1. The lowest BCUT2D eigenvalue weighted by Gasteiger charge is -2.34. The maximum Gasteiger partial charge on any atom is 0.267 e. The van der Waals surface area contributed by atoms with Gasteiger partial charge in [0.1, 0.15) is 17.5 Å². The first-order chi connectivity index (χ1) is 23.7. The number of nitrogens with zero attached hydrogens (tertiary/aromatic N) is 3. The maximum atomic E-state index is 13.6. The molecule has 50 heavy (non-hydrogen) atoms. The van der Waals surface area contributed by atoms with Gasteiger partial charge in [0.2, 0.25) is 5.91 Å². The molecule has 0 aliphatic carbocycles. The smallest absolute Gasteiger partial charge is 0.267 e. The topological polar surface area (TPSA) is 180 Å². The number of amides is 2. The Morgan fingerprint density at radius 3 is 2.52 bits per heavy atom. The number of para-hydroxylation sites is 2. The van der Waals surface area contributed by atoms with Gasteiger partial charge in [0, 0.05) is 42.4 Å². The molecule has 13 nitrogen and oxygen atoms in total. The zero-order chi connectivity index (χ0) is 36.2. The first kappa shape index (κ1) is 36.4. The van der Waals surface area contributed by atoms with Gasteiger partial charge >= 0.3 is 0 Å². The first-order valence-corrected chi connectivity index (χ1v) is 17.8. The number of carbonyl (C=O) groups excluding carboxylic acids is 2. The molecular weight excluding hydrogens is 660 g/mol. The van der Waals surface area contributed by atoms with Crippen LogP contribution >= 0.6 is 0 Å². The van der Waals surface area contributed by atoms with Crippen molar-refractivity contribution < 1.29 is 32.4 Å². The van der Waals surface area contributed by atoms with Crippen LogP contribution in [-0.2, 0) is 27.8 Å². The summed E-state index contributed by atoms with van der Waals surface area (Å²) in [4.78, 5) is 30.1. The number of aliphatic hydroxyl groups excluding tert-OH is 1. The number of hydrogen-bond acceptors (Lipinski definition) is 10. The number of aryl methyl sites for hydroxylation is 2. The largest absolute Gasteiger partial charge is 0.488 e. The second-order valence-electron chi connectivity index (χ2n) is 12.9. The molecular formula is C36H44N6O7S. The Bertz CT molecular complexity index is 1930. The van der Waals surface area contributed by atoms with Crippen molar-refractivity contribution in [3.63, 3.8) is 0 Å². The highest BCUT2D eigenvalue weighted by Crippen LogP contribution is 2.31. The maximum absolute atomic E-state index is 13.6. The number of benzene rings is 3. The Labute approximate surface area is 292 Å². The molecule has 3 aromatic carbocycles. The normalized spacial score (nSPS) is 17.3. The number of likely N-dealkylation sites (N-methyl/N-ethyl adjacent to an activating group) is 1. The number of nitrogens with two attached hydrogens (primary N) is 1. The average Bonchev–Trinajstić information content (AvgIpc) is 3.44. The molecule has 0 bridgehead atoms. The molecule has 1 aliphatic heterocycles. The van der Waals surface area contributed by atoms with E-state index in [0.29, 0.717) is 47.9 Å². The van der Waals surface area contributed by atoms with Crippen LogP contribution in [0, 0.1) is 19.8 Å². The molecule has 2 heterocycles. The van der Waals surface area contributed by atoms with Gasteiger partial charge < -0.3 is 30.3 Å². The third-order valence-electron chi connectivity index (χ3n) is 8.77. The molecule has 0 saturated carbocycles. The molecule has 2 amide bonds. The number of ether oxygens (including phenoxy) is 1. The number of hydrogen-bond donors (Lipinski definition) is 4. The Balaban J connectivity index is 1.34. The Kier molecular flexibility index (Phi) is 11.1. The number of carbonyl (C=O) groups is 2. The average molecular weight is 705 g/mol. The van der Waals surface area contributed by atoms with E-state index in [1.165, 1.54) is 6.92 Å². The molecule has 14 heteroatoms. The summed E-state index contributed by atoms with van der Waals surface area (Å²) in [5.74, 6) is 0.0422. The molecule has 5 N–H and O–H groups in total. The van der Waals surface area contributed by atoms with Crippen LogP contribution in [0.3, 0.4) is 0 Å². The van der Waals surface area contributed by atoms with Gasteiger partial charge in [-0.15, -0.1) is 0 Å². The molecule has 0 unspecified atom stereocenters. The predicted molar refractivity (Wildman–Crippen MR) is 190 cm³/mol. The minimum atomic E-state index is -4.02. The van der Waals surface area contributed by atoms with Crippen molar-refractivity contribution in [1.82, 2.24) is 15.0 Å². The lowest BCUT2D eigenvalue weighted by molar-refractivity contribution is -0.134. The lowest BCUT2D eigenvalue weighted by Crippen LogP contribution is -2.47. The van der Waals surface area contributed by atoms with E-state index in [1.807, 2.05) is 26.1 Å². The third-order valence-corrected chi connectivity index (χ3v) is 10.4. The van der Waals surface area contributed by atoms with Crippen LogP contribution < -0.4 is 20.5 Å². The number of fused-ring (bicyclic) bond motifs is 1. The van der Waals surface area contributed by atoms with Crippen molar-refractivity contribution in [3.05, 3.63) is 94.9 Å². The molecule has 0 spiro atoms. The number of nitrogen functional groups attached to an aromatic ring is 1. The fraction of sp³-hybridized carbons (Fsp3) is 0.361. The Morgan fingerprint density at radius 2 is 1.86 bits per heavy atom. The molecule has 1 aliphatic rings. The van der Waals surface area contributed by atoms with Gasteiger partial charge in [0.25, 0.3) is 15.9 Å². The van der Waals surface area contributed by atoms with Crippen molar-refractivity contribution in [2.75, 3.05) is 42.5 Å². The highest BCUT2D eigenvalue weighted by Gasteiger charge is 2.32. The zero-order valence-corrected chi connectivity index (χ0v) is 29.7. The van der Waals surface area contributed by atoms with Crippen molar-refractivity contribution in [2.45, 2.75) is 57.7 Å². The van der Waals surface area contributed by atoms with Crippen LogP contribution in [-0.4, -0.2) is 79.2 Å². The summed E-state index contributed by atoms with van der Waals surface area (Å²) < 4.78 is 40.7. The van der Waals surface area contributed by atoms with Gasteiger partial charge in [-0.3, -0.25) is 19.2 Å². The highest BCUT2D eigenvalue weighted by molar-refractivity contribution is 7.92. The van der Waals surface area contributed by atoms with E-state index in [-0.39, 0.29) is 58.9 Å². The van der Waals surface area contributed by atoms with E-state index >= 15 is 0 Å². The number of anilines is 3. The molecule has 266 valence electrons. The second kappa shape index (κ2) is 15.3. The summed E-state index contributed by atoms with van der Waals surface area (Å²) in [6, 6.07) is 18.9. The predicted octanol–water partition coefficient (Wildman–Crippen LogP) is 4.21. The van der Waals surface area contributed by atoms with E-state index in [2.05, 4.69) is 20.1 Å². The Morgan fingerprint density at radius 1 is 1.14 bits per heavy atom. The van der Waals surface area contributed by atoms with Gasteiger partial charge in [-0.1, -0.05) is 36.3 Å². The van der Waals surface area contributed by atoms with Crippen molar-refractivity contribution >= 4 is 38.9 Å². The van der Waals surface area contributed by atoms with Gasteiger partial charge in [0.05, 0.1) is 30.4 Å². The van der Waals surface area contributed by atoms with Crippen molar-refractivity contribution in [1.29, 1.82) is 0 Å². The van der Waals surface area contributed by atoms with Crippen LogP contribution in [0.15, 0.2) is 76.1 Å². The van der Waals surface area contributed by atoms with Crippen LogP contribution in [0.25, 0.3) is 0 Å². The molecule has 0 radical (unpaired) electrons. The van der Waals surface area contributed by atoms with Gasteiger partial charge in [0.15, 0.2) is 10.7 Å². The quantitative estimate of drug-likeness (QED) is 0.165.